The lowest BCUT2D eigenvalue weighted by Crippen LogP contribution is -2.28. The van der Waals surface area contributed by atoms with Crippen molar-refractivity contribution in [3.8, 4) is 0 Å². The van der Waals surface area contributed by atoms with Crippen molar-refractivity contribution >= 4 is 23.5 Å². The van der Waals surface area contributed by atoms with Gasteiger partial charge < -0.3 is 20.1 Å². The molecule has 0 bridgehead atoms. The monoisotopic (exact) mass is 358 g/mol. The Hall–Kier alpha value is -3.00. The summed E-state index contributed by atoms with van der Waals surface area (Å²) >= 11 is 0. The molecule has 0 saturated carbocycles. The van der Waals surface area contributed by atoms with E-state index in [1.165, 1.54) is 0 Å². The van der Waals surface area contributed by atoms with Crippen molar-refractivity contribution < 1.29 is 19.1 Å². The molecule has 0 aliphatic rings. The quantitative estimate of drug-likeness (QED) is 0.550. The summed E-state index contributed by atoms with van der Waals surface area (Å²) in [5.41, 5.74) is 2.07. The molecule has 8 nitrogen and oxygen atoms in total. The van der Waals surface area contributed by atoms with Crippen molar-refractivity contribution in [3.63, 3.8) is 0 Å². The lowest BCUT2D eigenvalue weighted by Gasteiger charge is -2.09. The van der Waals surface area contributed by atoms with Crippen LogP contribution in [0.2, 0.25) is 0 Å². The zero-order valence-electron chi connectivity index (χ0n) is 15.0. The van der Waals surface area contributed by atoms with Crippen LogP contribution in [0.15, 0.2) is 30.3 Å². The Morgan fingerprint density at radius 3 is 2.54 bits per heavy atom. The number of aromatic nitrogens is 2. The molecule has 0 saturated heterocycles. The van der Waals surface area contributed by atoms with E-state index in [0.29, 0.717) is 42.7 Å². The van der Waals surface area contributed by atoms with Gasteiger partial charge in [-0.15, -0.1) is 0 Å². The van der Waals surface area contributed by atoms with Crippen LogP contribution in [0.5, 0.6) is 0 Å². The van der Waals surface area contributed by atoms with Crippen molar-refractivity contribution in [1.29, 1.82) is 0 Å². The number of carbonyl (C=O) groups excluding carboxylic acids is 2. The first-order valence-corrected chi connectivity index (χ1v) is 8.20. The molecule has 2 rings (SSSR count). The molecule has 0 aliphatic carbocycles. The number of amides is 1. The molecular formula is C18H22N4O4. The highest BCUT2D eigenvalue weighted by molar-refractivity contribution is 5.92. The van der Waals surface area contributed by atoms with Crippen LogP contribution in [-0.2, 0) is 9.47 Å². The highest BCUT2D eigenvalue weighted by Crippen LogP contribution is 2.15. The van der Waals surface area contributed by atoms with Crippen LogP contribution in [0.4, 0.5) is 11.6 Å². The van der Waals surface area contributed by atoms with E-state index in [0.717, 1.165) is 0 Å². The fraction of sp³-hybridized carbons (Fsp3) is 0.333. The highest BCUT2D eigenvalue weighted by atomic mass is 16.5. The number of benzene rings is 1. The van der Waals surface area contributed by atoms with Crippen LogP contribution < -0.4 is 10.6 Å². The van der Waals surface area contributed by atoms with E-state index in [-0.39, 0.29) is 17.6 Å². The topological polar surface area (TPSA) is 102 Å². The molecule has 0 unspecified atom stereocenters. The largest absolute Gasteiger partial charge is 0.462 e. The number of rotatable bonds is 8. The summed E-state index contributed by atoms with van der Waals surface area (Å²) in [6, 6.07) is 8.34. The number of nitrogens with zero attached hydrogens (tertiary/aromatic N) is 2. The zero-order valence-corrected chi connectivity index (χ0v) is 15.0. The Morgan fingerprint density at radius 1 is 1.15 bits per heavy atom. The molecule has 0 aliphatic heterocycles. The van der Waals surface area contributed by atoms with Crippen LogP contribution in [-0.4, -0.2) is 48.7 Å². The number of carbonyl (C=O) groups is 2. The molecule has 1 aromatic carbocycles. The minimum atomic E-state index is -0.374. The molecule has 0 atom stereocenters. The molecule has 2 aromatic rings. The number of aryl methyl sites for hydroxylation is 1. The molecule has 1 heterocycles. The first kappa shape index (κ1) is 19.3. The summed E-state index contributed by atoms with van der Waals surface area (Å²) in [7, 11) is 1.57. The average Bonchev–Trinajstić information content (AvgIpc) is 2.62. The average molecular weight is 358 g/mol. The second-order valence-corrected chi connectivity index (χ2v) is 5.39. The van der Waals surface area contributed by atoms with E-state index in [4.69, 9.17) is 9.47 Å². The van der Waals surface area contributed by atoms with Crippen molar-refractivity contribution in [2.75, 3.05) is 32.2 Å². The van der Waals surface area contributed by atoms with Crippen LogP contribution >= 0.6 is 0 Å². The Morgan fingerprint density at radius 2 is 1.88 bits per heavy atom. The van der Waals surface area contributed by atoms with Gasteiger partial charge in [0.05, 0.1) is 18.8 Å². The number of hydrogen-bond acceptors (Lipinski definition) is 7. The van der Waals surface area contributed by atoms with Crippen molar-refractivity contribution in [2.24, 2.45) is 0 Å². The molecular weight excluding hydrogens is 336 g/mol. The number of nitrogens with one attached hydrogen (secondary N) is 2. The van der Waals surface area contributed by atoms with Crippen LogP contribution in [0.1, 0.15) is 33.5 Å². The summed E-state index contributed by atoms with van der Waals surface area (Å²) < 4.78 is 9.85. The molecule has 8 heteroatoms. The molecule has 2 N–H and O–H groups in total. The third-order valence-electron chi connectivity index (χ3n) is 3.33. The summed E-state index contributed by atoms with van der Waals surface area (Å²) in [6.07, 6.45) is 0. The maximum Gasteiger partial charge on any atom is 0.338 e. The summed E-state index contributed by atoms with van der Waals surface area (Å²) in [6.45, 7) is 4.68. The summed E-state index contributed by atoms with van der Waals surface area (Å²) in [5.74, 6) is -0.375. The predicted octanol–water partition coefficient (Wildman–Crippen LogP) is 2.08. The Labute approximate surface area is 151 Å². The van der Waals surface area contributed by atoms with E-state index in [2.05, 4.69) is 20.6 Å². The van der Waals surface area contributed by atoms with Crippen molar-refractivity contribution in [2.45, 2.75) is 13.8 Å². The number of methoxy groups -OCH3 is 1. The molecule has 1 aromatic heterocycles. The van der Waals surface area contributed by atoms with Gasteiger partial charge >= 0.3 is 5.97 Å². The highest BCUT2D eigenvalue weighted by Gasteiger charge is 2.11. The minimum Gasteiger partial charge on any atom is -0.462 e. The van der Waals surface area contributed by atoms with E-state index < -0.39 is 0 Å². The number of ether oxygens (including phenoxy) is 2. The van der Waals surface area contributed by atoms with Crippen molar-refractivity contribution in [3.05, 3.63) is 47.3 Å². The normalized spacial score (nSPS) is 10.3. The molecule has 0 spiro atoms. The lowest BCUT2D eigenvalue weighted by molar-refractivity contribution is 0.0526. The summed E-state index contributed by atoms with van der Waals surface area (Å²) in [4.78, 5) is 32.3. The standard InChI is InChI=1S/C18H22N4O4/c1-4-26-17(24)13-5-7-14(8-6-13)21-18-20-12(2)11-15(22-18)16(23)19-9-10-25-3/h5-8,11H,4,9-10H2,1-3H3,(H,19,23)(H,20,21,22). The van der Waals surface area contributed by atoms with Gasteiger partial charge in [0.1, 0.15) is 5.69 Å². The smallest absolute Gasteiger partial charge is 0.338 e. The Bertz CT molecular complexity index is 762. The maximum atomic E-state index is 12.1. The SMILES string of the molecule is CCOC(=O)c1ccc(Nc2nc(C)cc(C(=O)NCCOC)n2)cc1. The van der Waals surface area contributed by atoms with Gasteiger partial charge in [0.25, 0.3) is 5.91 Å². The third kappa shape index (κ3) is 5.52. The number of esters is 1. The Balaban J connectivity index is 2.09. The minimum absolute atomic E-state index is 0.263. The third-order valence-corrected chi connectivity index (χ3v) is 3.33. The van der Waals surface area contributed by atoms with Gasteiger partial charge in [0, 0.05) is 25.0 Å². The molecule has 1 amide bonds. The van der Waals surface area contributed by atoms with E-state index in [9.17, 15) is 9.59 Å². The molecule has 0 fully saturated rings. The van der Waals surface area contributed by atoms with E-state index >= 15 is 0 Å². The predicted molar refractivity (Wildman–Crippen MR) is 96.7 cm³/mol. The van der Waals surface area contributed by atoms with Crippen LogP contribution in [0, 0.1) is 6.92 Å². The number of anilines is 2. The molecule has 26 heavy (non-hydrogen) atoms. The van der Waals surface area contributed by atoms with Gasteiger partial charge in [0.2, 0.25) is 5.95 Å². The maximum absolute atomic E-state index is 12.1. The molecule has 0 radical (unpaired) electrons. The van der Waals surface area contributed by atoms with Crippen LogP contribution in [0.25, 0.3) is 0 Å². The van der Waals surface area contributed by atoms with Gasteiger partial charge in [-0.3, -0.25) is 4.79 Å². The van der Waals surface area contributed by atoms with Gasteiger partial charge in [0.15, 0.2) is 0 Å². The van der Waals surface area contributed by atoms with Gasteiger partial charge in [-0.25, -0.2) is 14.8 Å². The van der Waals surface area contributed by atoms with Crippen molar-refractivity contribution in [1.82, 2.24) is 15.3 Å². The zero-order chi connectivity index (χ0) is 18.9. The van der Waals surface area contributed by atoms with E-state index in [1.54, 1.807) is 51.3 Å². The van der Waals surface area contributed by atoms with Gasteiger partial charge in [-0.1, -0.05) is 0 Å². The fourth-order valence-electron chi connectivity index (χ4n) is 2.13. The van der Waals surface area contributed by atoms with Gasteiger partial charge in [-0.2, -0.15) is 0 Å². The lowest BCUT2D eigenvalue weighted by atomic mass is 10.2. The second-order valence-electron chi connectivity index (χ2n) is 5.39. The first-order valence-electron chi connectivity index (χ1n) is 8.20. The van der Waals surface area contributed by atoms with Gasteiger partial charge in [-0.05, 0) is 44.2 Å². The van der Waals surface area contributed by atoms with E-state index in [1.807, 2.05) is 0 Å². The fourth-order valence-corrected chi connectivity index (χ4v) is 2.13. The number of hydrogen-bond donors (Lipinski definition) is 2. The first-order chi connectivity index (χ1) is 12.5. The second kappa shape index (κ2) is 9.47. The molecule has 138 valence electrons. The van der Waals surface area contributed by atoms with Crippen LogP contribution in [0.3, 0.4) is 0 Å². The summed E-state index contributed by atoms with van der Waals surface area (Å²) in [5, 5.41) is 5.74. The Kier molecular flexibility index (Phi) is 7.04.